The molecule has 1 saturated carbocycles. The Morgan fingerprint density at radius 1 is 1.31 bits per heavy atom. The van der Waals surface area contributed by atoms with Gasteiger partial charge in [-0.1, -0.05) is 0 Å². The first-order valence-electron chi connectivity index (χ1n) is 5.39. The van der Waals surface area contributed by atoms with Crippen molar-refractivity contribution in [1.82, 2.24) is 0 Å². The van der Waals surface area contributed by atoms with Crippen molar-refractivity contribution in [2.24, 2.45) is 5.92 Å². The fourth-order valence-electron chi connectivity index (χ4n) is 2.32. The van der Waals surface area contributed by atoms with E-state index in [2.05, 4.69) is 0 Å². The second kappa shape index (κ2) is 3.85. The second-order valence-electron chi connectivity index (χ2n) is 4.93. The Hall–Kier alpha value is 0.190. The van der Waals surface area contributed by atoms with Gasteiger partial charge in [0.15, 0.2) is 9.84 Å². The molecule has 94 valence electrons. The molecule has 0 N–H and O–H groups in total. The predicted octanol–water partition coefficient (Wildman–Crippen LogP) is 1.30. The Labute approximate surface area is 101 Å². The summed E-state index contributed by atoms with van der Waals surface area (Å²) in [5.74, 6) is 0.588. The van der Waals surface area contributed by atoms with Crippen LogP contribution in [0.1, 0.15) is 32.1 Å². The zero-order chi connectivity index (χ0) is 12.0. The highest BCUT2D eigenvalue weighted by Crippen LogP contribution is 2.50. The van der Waals surface area contributed by atoms with Gasteiger partial charge in [-0.3, -0.25) is 0 Å². The van der Waals surface area contributed by atoms with Crippen molar-refractivity contribution < 1.29 is 16.8 Å². The van der Waals surface area contributed by atoms with Crippen LogP contribution in [0.4, 0.5) is 0 Å². The number of hydrogen-bond donors (Lipinski definition) is 0. The van der Waals surface area contributed by atoms with Crippen molar-refractivity contribution >= 4 is 29.6 Å². The van der Waals surface area contributed by atoms with Crippen molar-refractivity contribution in [2.75, 3.05) is 11.5 Å². The van der Waals surface area contributed by atoms with Crippen molar-refractivity contribution in [2.45, 2.75) is 36.9 Å². The fourth-order valence-corrected chi connectivity index (χ4v) is 5.88. The highest BCUT2D eigenvalue weighted by molar-refractivity contribution is 8.15. The predicted molar refractivity (Wildman–Crippen MR) is 62.7 cm³/mol. The van der Waals surface area contributed by atoms with Gasteiger partial charge in [0.05, 0.1) is 16.3 Å². The van der Waals surface area contributed by atoms with Crippen LogP contribution in [0.15, 0.2) is 0 Å². The molecule has 1 unspecified atom stereocenters. The van der Waals surface area contributed by atoms with E-state index < -0.39 is 23.6 Å². The summed E-state index contributed by atoms with van der Waals surface area (Å²) >= 11 is 0. The van der Waals surface area contributed by atoms with Crippen LogP contribution in [0, 0.1) is 5.92 Å². The van der Waals surface area contributed by atoms with Crippen LogP contribution in [0.5, 0.6) is 0 Å². The number of sulfone groups is 1. The van der Waals surface area contributed by atoms with Crippen LogP contribution < -0.4 is 0 Å². The van der Waals surface area contributed by atoms with Crippen LogP contribution in [0.3, 0.4) is 0 Å². The lowest BCUT2D eigenvalue weighted by molar-refractivity contribution is 0.496. The minimum atomic E-state index is -3.49. The summed E-state index contributed by atoms with van der Waals surface area (Å²) in [4.78, 5) is 0. The number of rotatable bonds is 4. The van der Waals surface area contributed by atoms with Gasteiger partial charge in [0.1, 0.15) is 0 Å². The van der Waals surface area contributed by atoms with Crippen LogP contribution in [-0.2, 0) is 18.9 Å². The third-order valence-electron chi connectivity index (χ3n) is 3.66. The molecule has 0 aromatic rings. The topological polar surface area (TPSA) is 68.3 Å². The molecule has 1 aliphatic heterocycles. The van der Waals surface area contributed by atoms with Crippen LogP contribution >= 0.6 is 10.7 Å². The Balaban J connectivity index is 1.90. The molecule has 0 aromatic heterocycles. The minimum absolute atomic E-state index is 0.126. The fraction of sp³-hybridized carbons (Fsp3) is 1.00. The molecule has 0 spiro atoms. The maximum atomic E-state index is 11.3. The summed E-state index contributed by atoms with van der Waals surface area (Å²) in [6.07, 6.45) is 3.08. The van der Waals surface area contributed by atoms with E-state index >= 15 is 0 Å². The summed E-state index contributed by atoms with van der Waals surface area (Å²) in [6, 6.07) is 0. The molecule has 0 bridgehead atoms. The highest BCUT2D eigenvalue weighted by atomic mass is 35.7. The number of halogens is 1. The Bertz CT molecular complexity index is 476. The van der Waals surface area contributed by atoms with E-state index in [1.165, 1.54) is 0 Å². The van der Waals surface area contributed by atoms with Crippen LogP contribution in [0.2, 0.25) is 0 Å². The summed E-state index contributed by atoms with van der Waals surface area (Å²) in [6.45, 7) is 0. The van der Waals surface area contributed by atoms with Gasteiger partial charge in [-0.05, 0) is 38.0 Å². The van der Waals surface area contributed by atoms with Gasteiger partial charge >= 0.3 is 0 Å². The molecule has 0 aromatic carbocycles. The molecule has 1 heterocycles. The van der Waals surface area contributed by atoms with E-state index in [1.807, 2.05) is 0 Å². The number of hydrogen-bond acceptors (Lipinski definition) is 4. The van der Waals surface area contributed by atoms with Crippen molar-refractivity contribution in [3.05, 3.63) is 0 Å². The van der Waals surface area contributed by atoms with Gasteiger partial charge in [-0.25, -0.2) is 16.8 Å². The zero-order valence-corrected chi connectivity index (χ0v) is 11.2. The van der Waals surface area contributed by atoms with Crippen molar-refractivity contribution in [3.63, 3.8) is 0 Å². The van der Waals surface area contributed by atoms with Gasteiger partial charge in [0.2, 0.25) is 9.05 Å². The molecular formula is C9H15ClO4S2. The van der Waals surface area contributed by atoms with E-state index in [4.69, 9.17) is 10.7 Å². The third-order valence-corrected chi connectivity index (χ3v) is 8.13. The van der Waals surface area contributed by atoms with Gasteiger partial charge in [0.25, 0.3) is 0 Å². The Morgan fingerprint density at radius 3 is 2.31 bits per heavy atom. The lowest BCUT2D eigenvalue weighted by Gasteiger charge is -2.13. The first-order valence-corrected chi connectivity index (χ1v) is 9.52. The minimum Gasteiger partial charge on any atom is -0.229 e. The maximum absolute atomic E-state index is 11.3. The Morgan fingerprint density at radius 2 is 1.94 bits per heavy atom. The molecule has 2 rings (SSSR count). The molecule has 1 aliphatic carbocycles. The van der Waals surface area contributed by atoms with E-state index in [-0.39, 0.29) is 17.4 Å². The quantitative estimate of drug-likeness (QED) is 0.731. The molecule has 4 nitrogen and oxygen atoms in total. The van der Waals surface area contributed by atoms with Crippen LogP contribution in [-0.4, -0.2) is 33.1 Å². The molecule has 7 heteroatoms. The SMILES string of the molecule is O=S1(=O)CCC(CCC2(S(=O)(=O)Cl)CC2)C1. The van der Waals surface area contributed by atoms with E-state index in [9.17, 15) is 16.8 Å². The third kappa shape index (κ3) is 2.54. The first-order chi connectivity index (χ1) is 7.24. The van der Waals surface area contributed by atoms with E-state index in [0.717, 1.165) is 0 Å². The normalized spacial score (nSPS) is 31.4. The lowest BCUT2D eigenvalue weighted by Crippen LogP contribution is -2.19. The molecule has 1 atom stereocenters. The molecular weight excluding hydrogens is 272 g/mol. The smallest absolute Gasteiger partial charge is 0.229 e. The summed E-state index contributed by atoms with van der Waals surface area (Å²) in [7, 11) is -0.967. The van der Waals surface area contributed by atoms with Crippen molar-refractivity contribution in [3.8, 4) is 0 Å². The highest BCUT2D eigenvalue weighted by Gasteiger charge is 2.53. The van der Waals surface area contributed by atoms with Crippen LogP contribution in [0.25, 0.3) is 0 Å². The zero-order valence-electron chi connectivity index (χ0n) is 8.85. The maximum Gasteiger partial charge on any atom is 0.238 e. The van der Waals surface area contributed by atoms with Gasteiger partial charge in [0, 0.05) is 10.7 Å². The van der Waals surface area contributed by atoms with E-state index in [0.29, 0.717) is 32.1 Å². The molecule has 2 fully saturated rings. The molecule has 16 heavy (non-hydrogen) atoms. The standard InChI is InChI=1S/C9H15ClO4S2/c10-16(13,14)9(4-5-9)3-1-8-2-6-15(11,12)7-8/h8H,1-7H2. The Kier molecular flexibility index (Phi) is 3.04. The lowest BCUT2D eigenvalue weighted by atomic mass is 10.0. The average molecular weight is 287 g/mol. The monoisotopic (exact) mass is 286 g/mol. The largest absolute Gasteiger partial charge is 0.238 e. The molecule has 1 saturated heterocycles. The summed E-state index contributed by atoms with van der Waals surface area (Å²) < 4.78 is 44.3. The van der Waals surface area contributed by atoms with E-state index in [1.54, 1.807) is 0 Å². The molecule has 0 radical (unpaired) electrons. The molecule has 0 amide bonds. The van der Waals surface area contributed by atoms with Crippen molar-refractivity contribution in [1.29, 1.82) is 0 Å². The molecule has 2 aliphatic rings. The van der Waals surface area contributed by atoms with Gasteiger partial charge < -0.3 is 0 Å². The summed E-state index contributed by atoms with van der Waals surface area (Å²) in [5.41, 5.74) is 0. The average Bonchev–Trinajstić information content (AvgIpc) is 2.84. The first kappa shape index (κ1) is 12.6. The van der Waals surface area contributed by atoms with Gasteiger partial charge in [-0.15, -0.1) is 0 Å². The van der Waals surface area contributed by atoms with Gasteiger partial charge in [-0.2, -0.15) is 0 Å². The summed E-state index contributed by atoms with van der Waals surface area (Å²) in [5, 5.41) is 0. The second-order valence-corrected chi connectivity index (χ2v) is 10.1.